The number of rotatable bonds is 16. The Morgan fingerprint density at radius 1 is 0.907 bits per heavy atom. The molecule has 2 aromatic carbocycles. The van der Waals surface area contributed by atoms with Crippen molar-refractivity contribution in [3.8, 4) is 11.4 Å². The van der Waals surface area contributed by atoms with Gasteiger partial charge in [0.1, 0.15) is 11.6 Å². The van der Waals surface area contributed by atoms with Gasteiger partial charge in [0.2, 0.25) is 5.91 Å². The number of unbranched alkanes of at least 4 members (excludes halogenated alkanes) is 10. The molecule has 7 heteroatoms. The van der Waals surface area contributed by atoms with E-state index in [9.17, 15) is 9.59 Å². The number of para-hydroxylation sites is 3. The number of hydrogen-bond acceptors (Lipinski definition) is 5. The lowest BCUT2D eigenvalue weighted by molar-refractivity contribution is -0.136. The highest BCUT2D eigenvalue weighted by Crippen LogP contribution is 2.29. The Hall–Kier alpha value is -3.19. The summed E-state index contributed by atoms with van der Waals surface area (Å²) in [6.07, 6.45) is 14.8. The largest absolute Gasteiger partial charge is 0.495 e. The van der Waals surface area contributed by atoms with Crippen LogP contribution in [-0.4, -0.2) is 58.0 Å². The van der Waals surface area contributed by atoms with Gasteiger partial charge in [0.15, 0.2) is 0 Å². The van der Waals surface area contributed by atoms with E-state index >= 15 is 0 Å². The van der Waals surface area contributed by atoms with Crippen LogP contribution in [0.3, 0.4) is 0 Å². The molecule has 2 atom stereocenters. The van der Waals surface area contributed by atoms with Crippen molar-refractivity contribution in [1.29, 1.82) is 0 Å². The summed E-state index contributed by atoms with van der Waals surface area (Å²) in [5.74, 6) is 1.58. The standard InChI is InChI=1S/C36H52N4O3/c1-5-6-7-8-9-10-11-12-13-14-15-24-34(41)39-26-25-38(27-28(39)2)29(3)35-37-31-21-17-16-20-30(31)36(42)40(35)32-22-18-19-23-33(32)43-4/h16-23,28-29H,5-15,24-27H2,1-4H3. The second-order valence-electron chi connectivity index (χ2n) is 12.2. The molecule has 2 heterocycles. The molecule has 1 aromatic heterocycles. The number of aromatic nitrogens is 2. The first-order chi connectivity index (χ1) is 21.0. The maximum Gasteiger partial charge on any atom is 0.266 e. The second-order valence-corrected chi connectivity index (χ2v) is 12.2. The lowest BCUT2D eigenvalue weighted by Crippen LogP contribution is -2.54. The van der Waals surface area contributed by atoms with Crippen molar-refractivity contribution >= 4 is 16.8 Å². The summed E-state index contributed by atoms with van der Waals surface area (Å²) in [4.78, 5) is 36.4. The van der Waals surface area contributed by atoms with E-state index in [1.165, 1.54) is 57.8 Å². The highest BCUT2D eigenvalue weighted by atomic mass is 16.5. The maximum absolute atomic E-state index is 13.9. The first-order valence-corrected chi connectivity index (χ1v) is 16.6. The normalized spacial score (nSPS) is 16.5. The molecule has 234 valence electrons. The van der Waals surface area contributed by atoms with E-state index in [-0.39, 0.29) is 23.6 Å². The predicted molar refractivity (Wildman–Crippen MR) is 176 cm³/mol. The number of nitrogens with zero attached hydrogens (tertiary/aromatic N) is 4. The highest BCUT2D eigenvalue weighted by molar-refractivity contribution is 5.78. The van der Waals surface area contributed by atoms with Crippen molar-refractivity contribution in [3.05, 3.63) is 64.7 Å². The van der Waals surface area contributed by atoms with Crippen LogP contribution in [0, 0.1) is 0 Å². The molecule has 3 aromatic rings. The van der Waals surface area contributed by atoms with Crippen LogP contribution in [0.2, 0.25) is 0 Å². The first kappa shape index (κ1) is 32.7. The Kier molecular flexibility index (Phi) is 12.6. The van der Waals surface area contributed by atoms with Crippen LogP contribution in [0.4, 0.5) is 0 Å². The number of hydrogen-bond donors (Lipinski definition) is 0. The van der Waals surface area contributed by atoms with Crippen molar-refractivity contribution in [3.63, 3.8) is 0 Å². The van der Waals surface area contributed by atoms with Gasteiger partial charge in [-0.3, -0.25) is 19.1 Å². The molecular formula is C36H52N4O3. The zero-order valence-corrected chi connectivity index (χ0v) is 26.9. The minimum absolute atomic E-state index is 0.100. The molecule has 0 aliphatic carbocycles. The van der Waals surface area contributed by atoms with Gasteiger partial charge < -0.3 is 9.64 Å². The molecule has 1 aliphatic rings. The average Bonchev–Trinajstić information content (AvgIpc) is 3.03. The number of piperazine rings is 1. The van der Waals surface area contributed by atoms with Crippen LogP contribution >= 0.6 is 0 Å². The maximum atomic E-state index is 13.9. The fraction of sp³-hybridized carbons (Fsp3) is 0.583. The van der Waals surface area contributed by atoms with Gasteiger partial charge in [0, 0.05) is 32.1 Å². The summed E-state index contributed by atoms with van der Waals surface area (Å²) < 4.78 is 7.35. The van der Waals surface area contributed by atoms with Gasteiger partial charge in [-0.15, -0.1) is 0 Å². The summed E-state index contributed by atoms with van der Waals surface area (Å²) >= 11 is 0. The Morgan fingerprint density at radius 3 is 2.21 bits per heavy atom. The Bertz CT molecular complexity index is 1370. The molecule has 0 saturated carbocycles. The van der Waals surface area contributed by atoms with Crippen molar-refractivity contribution in [2.45, 2.75) is 110 Å². The predicted octanol–water partition coefficient (Wildman–Crippen LogP) is 7.69. The van der Waals surface area contributed by atoms with Crippen LogP contribution in [0.1, 0.15) is 110 Å². The van der Waals surface area contributed by atoms with Crippen molar-refractivity contribution in [2.24, 2.45) is 0 Å². The van der Waals surface area contributed by atoms with Crippen LogP contribution in [0.25, 0.3) is 16.6 Å². The van der Waals surface area contributed by atoms with E-state index in [1.54, 1.807) is 11.7 Å². The van der Waals surface area contributed by atoms with Crippen LogP contribution in [0.5, 0.6) is 5.75 Å². The van der Waals surface area contributed by atoms with E-state index in [4.69, 9.17) is 9.72 Å². The SMILES string of the molecule is CCCCCCCCCCCCCC(=O)N1CCN(C(C)c2nc3ccccc3c(=O)n2-c2ccccc2OC)CC1C. The molecule has 7 nitrogen and oxygen atoms in total. The van der Waals surface area contributed by atoms with E-state index in [0.29, 0.717) is 41.1 Å². The Balaban J connectivity index is 1.35. The number of methoxy groups -OCH3 is 1. The lowest BCUT2D eigenvalue weighted by atomic mass is 10.0. The monoisotopic (exact) mass is 588 g/mol. The number of benzene rings is 2. The first-order valence-electron chi connectivity index (χ1n) is 16.6. The molecule has 1 aliphatic heterocycles. The minimum atomic E-state index is -0.131. The number of fused-ring (bicyclic) bond motifs is 1. The third-order valence-electron chi connectivity index (χ3n) is 9.02. The van der Waals surface area contributed by atoms with Crippen LogP contribution < -0.4 is 10.3 Å². The van der Waals surface area contributed by atoms with Gasteiger partial charge in [-0.2, -0.15) is 0 Å². The summed E-state index contributed by atoms with van der Waals surface area (Å²) in [5, 5.41) is 0.579. The van der Waals surface area contributed by atoms with E-state index in [2.05, 4.69) is 30.6 Å². The number of ether oxygens (including phenoxy) is 1. The van der Waals surface area contributed by atoms with E-state index in [1.807, 2.05) is 48.5 Å². The number of carbonyl (C=O) groups excluding carboxylic acids is 1. The van der Waals surface area contributed by atoms with E-state index < -0.39 is 0 Å². The molecule has 1 amide bonds. The number of amides is 1. The molecular weight excluding hydrogens is 536 g/mol. The van der Waals surface area contributed by atoms with Gasteiger partial charge >= 0.3 is 0 Å². The molecule has 1 fully saturated rings. The Labute approximate surface area is 258 Å². The zero-order chi connectivity index (χ0) is 30.6. The van der Waals surface area contributed by atoms with Gasteiger partial charge in [0.25, 0.3) is 5.56 Å². The van der Waals surface area contributed by atoms with Crippen LogP contribution in [0.15, 0.2) is 53.3 Å². The molecule has 4 rings (SSSR count). The third kappa shape index (κ3) is 8.47. The molecule has 1 saturated heterocycles. The molecule has 43 heavy (non-hydrogen) atoms. The summed E-state index contributed by atoms with van der Waals surface area (Å²) in [6.45, 7) is 8.68. The van der Waals surface area contributed by atoms with Gasteiger partial charge in [-0.25, -0.2) is 4.98 Å². The molecule has 2 unspecified atom stereocenters. The summed E-state index contributed by atoms with van der Waals surface area (Å²) in [6, 6.07) is 15.1. The quantitative estimate of drug-likeness (QED) is 0.161. The van der Waals surface area contributed by atoms with Gasteiger partial charge in [-0.1, -0.05) is 95.4 Å². The summed E-state index contributed by atoms with van der Waals surface area (Å²) in [7, 11) is 1.62. The third-order valence-corrected chi connectivity index (χ3v) is 9.02. The lowest BCUT2D eigenvalue weighted by Gasteiger charge is -2.42. The van der Waals surface area contributed by atoms with Crippen LogP contribution in [-0.2, 0) is 4.79 Å². The zero-order valence-electron chi connectivity index (χ0n) is 26.9. The Morgan fingerprint density at radius 2 is 1.53 bits per heavy atom. The molecule has 0 radical (unpaired) electrons. The molecule has 0 spiro atoms. The molecule has 0 bridgehead atoms. The topological polar surface area (TPSA) is 67.7 Å². The highest BCUT2D eigenvalue weighted by Gasteiger charge is 2.32. The van der Waals surface area contributed by atoms with Crippen molar-refractivity contribution in [1.82, 2.24) is 19.4 Å². The van der Waals surface area contributed by atoms with E-state index in [0.717, 1.165) is 25.9 Å². The van der Waals surface area contributed by atoms with Crippen molar-refractivity contribution in [2.75, 3.05) is 26.7 Å². The van der Waals surface area contributed by atoms with Gasteiger partial charge in [0.05, 0.1) is 29.7 Å². The molecule has 0 N–H and O–H groups in total. The summed E-state index contributed by atoms with van der Waals surface area (Å²) in [5.41, 5.74) is 1.27. The fourth-order valence-corrected chi connectivity index (χ4v) is 6.43. The average molecular weight is 589 g/mol. The second kappa shape index (κ2) is 16.6. The number of carbonyl (C=O) groups is 1. The van der Waals surface area contributed by atoms with Gasteiger partial charge in [-0.05, 0) is 44.5 Å². The van der Waals surface area contributed by atoms with Crippen molar-refractivity contribution < 1.29 is 9.53 Å². The fourth-order valence-electron chi connectivity index (χ4n) is 6.43. The minimum Gasteiger partial charge on any atom is -0.495 e. The smallest absolute Gasteiger partial charge is 0.266 e.